The number of ether oxygens (including phenoxy) is 1. The van der Waals surface area contributed by atoms with E-state index in [1.54, 1.807) is 0 Å². The van der Waals surface area contributed by atoms with Gasteiger partial charge in [0.25, 0.3) is 5.56 Å². The Morgan fingerprint density at radius 2 is 2.42 bits per heavy atom. The molecule has 0 radical (unpaired) electrons. The minimum Gasteiger partial charge on any atom is -0.394 e. The van der Waals surface area contributed by atoms with Crippen LogP contribution in [0.15, 0.2) is 11.1 Å². The maximum atomic E-state index is 11.6. The normalized spacial score (nSPS) is 27.2. The second-order valence-electron chi connectivity index (χ2n) is 4.39. The summed E-state index contributed by atoms with van der Waals surface area (Å²) < 4.78 is 7.01. The van der Waals surface area contributed by atoms with Crippen LogP contribution in [-0.4, -0.2) is 48.5 Å². The standard InChI is InChI=1S/C10H13N5O4/c11-10-13-8-7(9(18)14-10)12-3-15(8)6-1-4(17)5(2-16)19-6/h3-6,16-17H,1-2H2,(H3,11,13,14,18)/t4-,5-,6-/m0/s1/i11+1,12+1,13+1,14+1,15+1. The lowest BCUT2D eigenvalue weighted by Gasteiger charge is -2.13. The van der Waals surface area contributed by atoms with Crippen LogP contribution in [0.2, 0.25) is 0 Å². The molecule has 0 unspecified atom stereocenters. The Labute approximate surface area is 106 Å². The number of nitrogens with one attached hydrogen (secondary N) is 1. The molecular weight excluding hydrogens is 259 g/mol. The van der Waals surface area contributed by atoms with Crippen LogP contribution >= 0.6 is 0 Å². The van der Waals surface area contributed by atoms with E-state index in [1.807, 2.05) is 0 Å². The zero-order valence-corrected chi connectivity index (χ0v) is 9.85. The molecule has 2 aromatic heterocycles. The first-order chi connectivity index (χ1) is 9.10. The van der Waals surface area contributed by atoms with E-state index in [9.17, 15) is 9.90 Å². The first-order valence-electron chi connectivity index (χ1n) is 5.77. The van der Waals surface area contributed by atoms with Gasteiger partial charge in [0, 0.05) is 6.42 Å². The van der Waals surface area contributed by atoms with E-state index in [-0.39, 0.29) is 30.1 Å². The van der Waals surface area contributed by atoms with Crippen molar-refractivity contribution in [2.45, 2.75) is 24.9 Å². The lowest BCUT2D eigenvalue weighted by Crippen LogP contribution is -2.24. The molecule has 0 saturated carbocycles. The number of aromatic amines is 1. The maximum Gasteiger partial charge on any atom is 0.280 e. The predicted molar refractivity (Wildman–Crippen MR) is 64.2 cm³/mol. The third kappa shape index (κ3) is 1.87. The van der Waals surface area contributed by atoms with Gasteiger partial charge in [-0.25, -0.2) is 4.98 Å². The molecule has 0 bridgehead atoms. The molecule has 2 aromatic rings. The van der Waals surface area contributed by atoms with Crippen molar-refractivity contribution in [3.05, 3.63) is 16.7 Å². The number of nitrogens with zero attached hydrogens (tertiary/aromatic N) is 3. The van der Waals surface area contributed by atoms with Crippen LogP contribution < -0.4 is 11.3 Å². The lowest BCUT2D eigenvalue weighted by molar-refractivity contribution is -0.0432. The number of imidazole rings is 1. The van der Waals surface area contributed by atoms with Crippen molar-refractivity contribution < 1.29 is 14.9 Å². The first-order valence-corrected chi connectivity index (χ1v) is 5.77. The summed E-state index contributed by atoms with van der Waals surface area (Å²) in [4.78, 5) is 22.0. The minimum absolute atomic E-state index is 0.0171. The molecule has 0 amide bonds. The summed E-state index contributed by atoms with van der Waals surface area (Å²) in [5, 5.41) is 18.8. The van der Waals surface area contributed by atoms with Gasteiger partial charge in [-0.2, -0.15) is 4.98 Å². The highest BCUT2D eigenvalue weighted by Crippen LogP contribution is 2.30. The number of aliphatic hydroxyl groups excluding tert-OH is 2. The Hall–Kier alpha value is -1.97. The highest BCUT2D eigenvalue weighted by Gasteiger charge is 2.35. The third-order valence-electron chi connectivity index (χ3n) is 3.15. The molecule has 1 fully saturated rings. The van der Waals surface area contributed by atoms with Gasteiger partial charge in [-0.15, -0.1) is 0 Å². The Balaban J connectivity index is 2.05. The highest BCUT2D eigenvalue weighted by atomic mass is 16.6. The molecular formula is C10H13N5O4. The fourth-order valence-electron chi connectivity index (χ4n) is 2.20. The van der Waals surface area contributed by atoms with Gasteiger partial charge >= 0.3 is 0 Å². The van der Waals surface area contributed by atoms with Crippen molar-refractivity contribution in [1.29, 1.82) is 0 Å². The molecule has 1 saturated heterocycles. The van der Waals surface area contributed by atoms with Crippen molar-refractivity contribution in [2.24, 2.45) is 0 Å². The summed E-state index contributed by atoms with van der Waals surface area (Å²) in [5.74, 6) is -0.0171. The Morgan fingerprint density at radius 1 is 1.63 bits per heavy atom. The zero-order chi connectivity index (χ0) is 13.6. The van der Waals surface area contributed by atoms with Crippen molar-refractivity contribution in [1.82, 2.24) is 19.5 Å². The summed E-state index contributed by atoms with van der Waals surface area (Å²) in [5.41, 5.74) is 5.50. The van der Waals surface area contributed by atoms with Crippen LogP contribution in [0.1, 0.15) is 12.6 Å². The number of nitrogen functional groups attached to an aromatic ring is 1. The summed E-state index contributed by atoms with van der Waals surface area (Å²) in [6, 6.07) is 0. The quantitative estimate of drug-likeness (QED) is 0.480. The Kier molecular flexibility index (Phi) is 2.73. The zero-order valence-electron chi connectivity index (χ0n) is 9.85. The molecule has 102 valence electrons. The fraction of sp³-hybridized carbons (Fsp3) is 0.500. The van der Waals surface area contributed by atoms with Gasteiger partial charge in [-0.05, 0) is 0 Å². The van der Waals surface area contributed by atoms with Crippen molar-refractivity contribution >= 4 is 17.1 Å². The maximum absolute atomic E-state index is 11.6. The second kappa shape index (κ2) is 4.30. The SMILES string of the molecule is [15NH2]c1[15n]c2c([15n]c[15n]2[C@@H]2C[C@H](O)[C@H](CO)O2)c(=O)[15nH]1. The average Bonchev–Trinajstić information content (AvgIpc) is 2.92. The van der Waals surface area contributed by atoms with Gasteiger partial charge in [0.2, 0.25) is 5.95 Å². The molecule has 0 aromatic carbocycles. The van der Waals surface area contributed by atoms with Crippen LogP contribution in [-0.2, 0) is 4.74 Å². The summed E-state index contributed by atoms with van der Waals surface area (Å²) in [6.45, 7) is -0.277. The van der Waals surface area contributed by atoms with Crippen LogP contribution in [0.25, 0.3) is 11.2 Å². The molecule has 0 aliphatic carbocycles. The number of anilines is 1. The lowest BCUT2D eigenvalue weighted by atomic mass is 10.2. The first kappa shape index (κ1) is 12.1. The molecule has 1 aliphatic heterocycles. The highest BCUT2D eigenvalue weighted by molar-refractivity contribution is 5.70. The predicted octanol–water partition coefficient (Wildman–Crippen LogP) is -1.66. The monoisotopic (exact) mass is 272 g/mol. The molecule has 3 atom stereocenters. The fourth-order valence-corrected chi connectivity index (χ4v) is 2.20. The van der Waals surface area contributed by atoms with E-state index in [2.05, 4.69) is 15.0 Å². The van der Waals surface area contributed by atoms with Crippen molar-refractivity contribution in [2.75, 3.05) is 12.3 Å². The van der Waals surface area contributed by atoms with Gasteiger partial charge in [-0.1, -0.05) is 0 Å². The number of hydrogen-bond donors (Lipinski definition) is 4. The number of aromatic nitrogens is 4. The van der Waals surface area contributed by atoms with Gasteiger partial charge in [-0.3, -0.25) is 14.3 Å². The van der Waals surface area contributed by atoms with E-state index >= 15 is 0 Å². The number of H-pyrrole nitrogens is 1. The van der Waals surface area contributed by atoms with E-state index in [1.165, 1.54) is 10.9 Å². The number of hydrogen-bond acceptors (Lipinski definition) is 7. The molecule has 19 heavy (non-hydrogen) atoms. The van der Waals surface area contributed by atoms with Crippen molar-refractivity contribution in [3.63, 3.8) is 0 Å². The van der Waals surface area contributed by atoms with Gasteiger partial charge < -0.3 is 20.7 Å². The summed E-state index contributed by atoms with van der Waals surface area (Å²) in [7, 11) is 0. The average molecular weight is 272 g/mol. The minimum atomic E-state index is -0.771. The molecule has 0 spiro atoms. The van der Waals surface area contributed by atoms with Crippen LogP contribution in [0.3, 0.4) is 0 Å². The van der Waals surface area contributed by atoms with Gasteiger partial charge in [0.1, 0.15) is 12.3 Å². The number of fused-ring (bicyclic) bond motifs is 1. The van der Waals surface area contributed by atoms with Crippen LogP contribution in [0.4, 0.5) is 5.95 Å². The van der Waals surface area contributed by atoms with Gasteiger partial charge in [0.05, 0.1) is 19.0 Å². The number of rotatable bonds is 2. The van der Waals surface area contributed by atoms with Gasteiger partial charge in [0.15, 0.2) is 11.2 Å². The molecule has 1 aliphatic rings. The molecule has 3 heterocycles. The van der Waals surface area contributed by atoms with Crippen LogP contribution in [0, 0.1) is 0 Å². The van der Waals surface area contributed by atoms with E-state index < -0.39 is 24.0 Å². The molecule has 9 nitrogen and oxygen atoms in total. The van der Waals surface area contributed by atoms with E-state index in [0.29, 0.717) is 0 Å². The van der Waals surface area contributed by atoms with Crippen LogP contribution in [0.5, 0.6) is 0 Å². The molecule has 5 N–H and O–H groups in total. The summed E-state index contributed by atoms with van der Waals surface area (Å²) in [6.07, 6.45) is -0.270. The smallest absolute Gasteiger partial charge is 0.280 e. The largest absolute Gasteiger partial charge is 0.394 e. The van der Waals surface area contributed by atoms with E-state index in [0.717, 1.165) is 0 Å². The van der Waals surface area contributed by atoms with E-state index in [4.69, 9.17) is 15.6 Å². The second-order valence-corrected chi connectivity index (χ2v) is 4.39. The van der Waals surface area contributed by atoms with Crippen molar-refractivity contribution in [3.8, 4) is 0 Å². The molecule has 3 rings (SSSR count). The number of nitrogens with two attached hydrogens (primary N) is 1. The topological polar surface area (TPSA) is 139 Å². The Morgan fingerprint density at radius 3 is 3.11 bits per heavy atom. The summed E-state index contributed by atoms with van der Waals surface area (Å²) >= 11 is 0. The third-order valence-corrected chi connectivity index (χ3v) is 3.15. The molecule has 9 heteroatoms. The number of aliphatic hydroxyl groups is 2. The Bertz CT molecular complexity index is 665.